The number of benzene rings is 1. The number of fused-ring (bicyclic) bond motifs is 1. The van der Waals surface area contributed by atoms with Gasteiger partial charge >= 0.3 is 0 Å². The lowest BCUT2D eigenvalue weighted by Gasteiger charge is -2.06. The molecule has 2 N–H and O–H groups in total. The van der Waals surface area contributed by atoms with E-state index in [9.17, 15) is 0 Å². The zero-order chi connectivity index (χ0) is 11.5. The molecule has 3 nitrogen and oxygen atoms in total. The molecule has 2 rings (SSSR count). The smallest absolute Gasteiger partial charge is 0.143 e. The van der Waals surface area contributed by atoms with Crippen LogP contribution >= 0.6 is 0 Å². The predicted molar refractivity (Wildman–Crippen MR) is 66.8 cm³/mol. The summed E-state index contributed by atoms with van der Waals surface area (Å²) in [6.07, 6.45) is 2.04. The Morgan fingerprint density at radius 2 is 2.19 bits per heavy atom. The van der Waals surface area contributed by atoms with Crippen molar-refractivity contribution in [2.75, 3.05) is 13.7 Å². The summed E-state index contributed by atoms with van der Waals surface area (Å²) in [6, 6.07) is 8.35. The highest BCUT2D eigenvalue weighted by atomic mass is 16.5. The van der Waals surface area contributed by atoms with E-state index in [1.807, 2.05) is 12.1 Å². The van der Waals surface area contributed by atoms with Crippen molar-refractivity contribution in [2.24, 2.45) is 12.8 Å². The van der Waals surface area contributed by atoms with Gasteiger partial charge in [0.1, 0.15) is 5.75 Å². The first-order valence-electron chi connectivity index (χ1n) is 5.59. The first-order chi connectivity index (χ1) is 7.77. The molecule has 0 aliphatic heterocycles. The van der Waals surface area contributed by atoms with Gasteiger partial charge in [0.15, 0.2) is 0 Å². The van der Waals surface area contributed by atoms with E-state index in [2.05, 4.69) is 23.7 Å². The Hall–Kier alpha value is -1.48. The molecule has 3 heteroatoms. The summed E-state index contributed by atoms with van der Waals surface area (Å²) in [5.74, 6) is 0.930. The number of nitrogens with two attached hydrogens (primary N) is 1. The molecule has 0 saturated carbocycles. The van der Waals surface area contributed by atoms with Crippen LogP contribution in [0.1, 0.15) is 12.1 Å². The highest BCUT2D eigenvalue weighted by Gasteiger charge is 2.09. The number of hydrogen-bond donors (Lipinski definition) is 1. The molecule has 0 saturated heterocycles. The lowest BCUT2D eigenvalue weighted by atomic mass is 10.2. The molecule has 0 spiro atoms. The van der Waals surface area contributed by atoms with Crippen LogP contribution in [0.4, 0.5) is 0 Å². The minimum Gasteiger partial charge on any atom is -0.495 e. The van der Waals surface area contributed by atoms with Crippen molar-refractivity contribution in [3.8, 4) is 5.75 Å². The minimum absolute atomic E-state index is 0.735. The maximum Gasteiger partial charge on any atom is 0.143 e. The topological polar surface area (TPSA) is 40.2 Å². The van der Waals surface area contributed by atoms with E-state index in [4.69, 9.17) is 10.5 Å². The minimum atomic E-state index is 0.735. The number of nitrogens with zero attached hydrogens (tertiary/aromatic N) is 1. The molecule has 0 atom stereocenters. The fourth-order valence-electron chi connectivity index (χ4n) is 2.12. The van der Waals surface area contributed by atoms with Gasteiger partial charge in [0.25, 0.3) is 0 Å². The van der Waals surface area contributed by atoms with Gasteiger partial charge in [0.2, 0.25) is 0 Å². The van der Waals surface area contributed by atoms with Gasteiger partial charge < -0.3 is 15.0 Å². The molecule has 0 unspecified atom stereocenters. The molecule has 16 heavy (non-hydrogen) atoms. The second-order valence-corrected chi connectivity index (χ2v) is 3.99. The first kappa shape index (κ1) is 11.0. The average Bonchev–Trinajstić information content (AvgIpc) is 2.64. The normalized spacial score (nSPS) is 10.9. The van der Waals surface area contributed by atoms with Crippen LogP contribution in [0.25, 0.3) is 10.9 Å². The molecule has 2 aromatic rings. The van der Waals surface area contributed by atoms with Crippen LogP contribution in [0.3, 0.4) is 0 Å². The average molecular weight is 218 g/mol. The number of aryl methyl sites for hydroxylation is 2. The summed E-state index contributed by atoms with van der Waals surface area (Å²) in [5, 5.41) is 1.23. The van der Waals surface area contributed by atoms with E-state index < -0.39 is 0 Å². The number of para-hydroxylation sites is 1. The molecular formula is C13H18N2O. The lowest BCUT2D eigenvalue weighted by Crippen LogP contribution is -2.03. The van der Waals surface area contributed by atoms with Crippen LogP contribution in [0.5, 0.6) is 5.75 Å². The van der Waals surface area contributed by atoms with Gasteiger partial charge in [-0.05, 0) is 31.5 Å². The summed E-state index contributed by atoms with van der Waals surface area (Å²) in [7, 11) is 3.79. The Morgan fingerprint density at radius 1 is 1.38 bits per heavy atom. The number of ether oxygens (including phenoxy) is 1. The Balaban J connectivity index is 2.50. The van der Waals surface area contributed by atoms with Crippen molar-refractivity contribution in [2.45, 2.75) is 12.8 Å². The Kier molecular flexibility index (Phi) is 3.15. The van der Waals surface area contributed by atoms with Crippen LogP contribution in [0.2, 0.25) is 0 Å². The van der Waals surface area contributed by atoms with Crippen LogP contribution < -0.4 is 10.5 Å². The Labute approximate surface area is 95.8 Å². The zero-order valence-corrected chi connectivity index (χ0v) is 9.86. The summed E-state index contributed by atoms with van der Waals surface area (Å²) >= 11 is 0. The van der Waals surface area contributed by atoms with E-state index >= 15 is 0 Å². The largest absolute Gasteiger partial charge is 0.495 e. The maximum absolute atomic E-state index is 5.54. The molecule has 1 aromatic carbocycles. The van der Waals surface area contributed by atoms with Crippen molar-refractivity contribution in [3.05, 3.63) is 30.0 Å². The van der Waals surface area contributed by atoms with Crippen LogP contribution in [-0.4, -0.2) is 18.2 Å². The van der Waals surface area contributed by atoms with Gasteiger partial charge in [-0.1, -0.05) is 12.1 Å². The molecule has 1 heterocycles. The third-order valence-electron chi connectivity index (χ3n) is 2.98. The van der Waals surface area contributed by atoms with Crippen LogP contribution in [-0.2, 0) is 13.5 Å². The number of aromatic nitrogens is 1. The van der Waals surface area contributed by atoms with E-state index in [1.165, 1.54) is 11.1 Å². The van der Waals surface area contributed by atoms with Gasteiger partial charge in [-0.3, -0.25) is 0 Å². The Bertz CT molecular complexity index is 488. The van der Waals surface area contributed by atoms with Crippen molar-refractivity contribution in [1.82, 2.24) is 4.57 Å². The van der Waals surface area contributed by atoms with Gasteiger partial charge in [0, 0.05) is 18.1 Å². The van der Waals surface area contributed by atoms with Crippen molar-refractivity contribution in [1.29, 1.82) is 0 Å². The van der Waals surface area contributed by atoms with Gasteiger partial charge in [0.05, 0.1) is 12.6 Å². The summed E-state index contributed by atoms with van der Waals surface area (Å²) in [6.45, 7) is 0.735. The van der Waals surface area contributed by atoms with Crippen molar-refractivity contribution >= 4 is 10.9 Å². The third kappa shape index (κ3) is 1.78. The second kappa shape index (κ2) is 4.58. The first-order valence-corrected chi connectivity index (χ1v) is 5.59. The standard InChI is InChI=1S/C13H18N2O/c1-15-11(6-4-8-14)9-10-5-3-7-12(16-2)13(10)15/h3,5,7,9H,4,6,8,14H2,1-2H3. The van der Waals surface area contributed by atoms with Crippen molar-refractivity contribution in [3.63, 3.8) is 0 Å². The Morgan fingerprint density at radius 3 is 2.88 bits per heavy atom. The quantitative estimate of drug-likeness (QED) is 0.853. The monoisotopic (exact) mass is 218 g/mol. The van der Waals surface area contributed by atoms with Crippen molar-refractivity contribution < 1.29 is 4.74 Å². The summed E-state index contributed by atoms with van der Waals surface area (Å²) in [4.78, 5) is 0. The number of rotatable bonds is 4. The van der Waals surface area contributed by atoms with E-state index in [0.29, 0.717) is 0 Å². The molecular weight excluding hydrogens is 200 g/mol. The van der Waals surface area contributed by atoms with Crippen LogP contribution in [0.15, 0.2) is 24.3 Å². The van der Waals surface area contributed by atoms with Gasteiger partial charge in [-0.15, -0.1) is 0 Å². The predicted octanol–water partition coefficient (Wildman–Crippen LogP) is 2.08. The number of hydrogen-bond acceptors (Lipinski definition) is 2. The van der Waals surface area contributed by atoms with Gasteiger partial charge in [-0.25, -0.2) is 0 Å². The van der Waals surface area contributed by atoms with E-state index in [0.717, 1.165) is 30.7 Å². The fraction of sp³-hybridized carbons (Fsp3) is 0.385. The fourth-order valence-corrected chi connectivity index (χ4v) is 2.12. The molecule has 0 amide bonds. The number of methoxy groups -OCH3 is 1. The zero-order valence-electron chi connectivity index (χ0n) is 9.86. The van der Waals surface area contributed by atoms with Crippen LogP contribution in [0, 0.1) is 0 Å². The molecule has 0 aliphatic rings. The van der Waals surface area contributed by atoms with Gasteiger partial charge in [-0.2, -0.15) is 0 Å². The van der Waals surface area contributed by atoms with E-state index in [-0.39, 0.29) is 0 Å². The molecule has 1 aromatic heterocycles. The molecule has 86 valence electrons. The molecule has 0 bridgehead atoms. The summed E-state index contributed by atoms with van der Waals surface area (Å²) in [5.41, 5.74) is 8.02. The van der Waals surface area contributed by atoms with E-state index in [1.54, 1.807) is 7.11 Å². The summed E-state index contributed by atoms with van der Waals surface area (Å²) < 4.78 is 7.58. The maximum atomic E-state index is 5.54. The molecule has 0 aliphatic carbocycles. The highest BCUT2D eigenvalue weighted by molar-refractivity contribution is 5.86. The molecule has 0 radical (unpaired) electrons. The lowest BCUT2D eigenvalue weighted by molar-refractivity contribution is 0.417. The highest BCUT2D eigenvalue weighted by Crippen LogP contribution is 2.28. The second-order valence-electron chi connectivity index (χ2n) is 3.99. The molecule has 0 fully saturated rings. The third-order valence-corrected chi connectivity index (χ3v) is 2.98. The SMILES string of the molecule is COc1cccc2cc(CCCN)n(C)c12.